The molecule has 90 valence electrons. The van der Waals surface area contributed by atoms with Gasteiger partial charge >= 0.3 is 0 Å². The Morgan fingerprint density at radius 1 is 1.47 bits per heavy atom. The third kappa shape index (κ3) is 2.69. The van der Waals surface area contributed by atoms with Crippen LogP contribution in [0.1, 0.15) is 26.7 Å². The van der Waals surface area contributed by atoms with Crippen LogP contribution in [0.3, 0.4) is 0 Å². The maximum absolute atomic E-state index is 10.5. The Morgan fingerprint density at radius 3 is 2.40 bits per heavy atom. The Labute approximate surface area is 92.4 Å². The molecule has 0 radical (unpaired) electrons. The van der Waals surface area contributed by atoms with Crippen LogP contribution < -0.4 is 5.73 Å². The fourth-order valence-electron chi connectivity index (χ4n) is 2.24. The van der Waals surface area contributed by atoms with Crippen molar-refractivity contribution >= 4 is 0 Å². The van der Waals surface area contributed by atoms with Crippen LogP contribution in [-0.2, 0) is 4.74 Å². The minimum Gasteiger partial charge on any atom is -0.388 e. The van der Waals surface area contributed by atoms with Gasteiger partial charge in [0.05, 0.1) is 17.7 Å². The van der Waals surface area contributed by atoms with E-state index in [0.717, 1.165) is 32.5 Å². The van der Waals surface area contributed by atoms with Gasteiger partial charge in [0.15, 0.2) is 0 Å². The molecule has 3 N–H and O–H groups in total. The molecule has 0 bridgehead atoms. The Hall–Kier alpha value is -0.160. The number of rotatable bonds is 4. The zero-order chi connectivity index (χ0) is 11.5. The lowest BCUT2D eigenvalue weighted by Gasteiger charge is -2.47. The number of aliphatic hydroxyl groups is 1. The van der Waals surface area contributed by atoms with Crippen LogP contribution in [-0.4, -0.2) is 54.5 Å². The highest BCUT2D eigenvalue weighted by atomic mass is 16.5. The summed E-state index contributed by atoms with van der Waals surface area (Å²) in [4.78, 5) is 2.33. The average molecular weight is 216 g/mol. The quantitative estimate of drug-likeness (QED) is 0.704. The molecule has 1 saturated heterocycles. The summed E-state index contributed by atoms with van der Waals surface area (Å²) in [6.07, 6.45) is 1.47. The van der Waals surface area contributed by atoms with Gasteiger partial charge in [0, 0.05) is 20.2 Å². The first-order chi connectivity index (χ1) is 6.95. The topological polar surface area (TPSA) is 58.7 Å². The van der Waals surface area contributed by atoms with Gasteiger partial charge in [-0.15, -0.1) is 0 Å². The van der Waals surface area contributed by atoms with Crippen LogP contribution in [0.5, 0.6) is 0 Å². The van der Waals surface area contributed by atoms with E-state index in [1.807, 2.05) is 6.92 Å². The standard InChI is InChI=1S/C11H24N2O2/c1-4-13-7-5-11(14,6-8-13)10(2,12)9-15-3/h14H,4-9,12H2,1-3H3. The fraction of sp³-hybridized carbons (Fsp3) is 1.00. The normalized spacial score (nSPS) is 26.2. The largest absolute Gasteiger partial charge is 0.388 e. The van der Waals surface area contributed by atoms with Gasteiger partial charge in [0.25, 0.3) is 0 Å². The van der Waals surface area contributed by atoms with Gasteiger partial charge in [-0.2, -0.15) is 0 Å². The molecule has 4 nitrogen and oxygen atoms in total. The number of methoxy groups -OCH3 is 1. The first kappa shape index (κ1) is 12.9. The van der Waals surface area contributed by atoms with Gasteiger partial charge in [-0.25, -0.2) is 0 Å². The number of piperidine rings is 1. The van der Waals surface area contributed by atoms with Crippen LogP contribution in [0.25, 0.3) is 0 Å². The highest BCUT2D eigenvalue weighted by Gasteiger charge is 2.45. The van der Waals surface area contributed by atoms with E-state index in [1.165, 1.54) is 0 Å². The zero-order valence-corrected chi connectivity index (χ0v) is 10.1. The molecule has 0 saturated carbocycles. The molecule has 1 aliphatic heterocycles. The monoisotopic (exact) mass is 216 g/mol. The van der Waals surface area contributed by atoms with Gasteiger partial charge in [-0.05, 0) is 26.3 Å². The smallest absolute Gasteiger partial charge is 0.0870 e. The molecule has 15 heavy (non-hydrogen) atoms. The molecule has 1 heterocycles. The Bertz CT molecular complexity index is 199. The lowest BCUT2D eigenvalue weighted by atomic mass is 9.75. The molecule has 4 heteroatoms. The van der Waals surface area contributed by atoms with E-state index in [-0.39, 0.29) is 0 Å². The van der Waals surface area contributed by atoms with Gasteiger partial charge in [0.1, 0.15) is 0 Å². The van der Waals surface area contributed by atoms with Gasteiger partial charge < -0.3 is 20.5 Å². The van der Waals surface area contributed by atoms with Crippen molar-refractivity contribution < 1.29 is 9.84 Å². The molecule has 0 amide bonds. The van der Waals surface area contributed by atoms with E-state index < -0.39 is 11.1 Å². The van der Waals surface area contributed by atoms with Crippen molar-refractivity contribution in [3.8, 4) is 0 Å². The number of hydrogen-bond donors (Lipinski definition) is 2. The minimum absolute atomic E-state index is 0.398. The third-order valence-corrected chi connectivity index (χ3v) is 3.64. The molecule has 0 aromatic carbocycles. The summed E-state index contributed by atoms with van der Waals surface area (Å²) in [5.74, 6) is 0. The molecule has 1 unspecified atom stereocenters. The van der Waals surface area contributed by atoms with Gasteiger partial charge in [-0.3, -0.25) is 0 Å². The maximum Gasteiger partial charge on any atom is 0.0870 e. The van der Waals surface area contributed by atoms with E-state index in [4.69, 9.17) is 10.5 Å². The summed E-state index contributed by atoms with van der Waals surface area (Å²) >= 11 is 0. The number of hydrogen-bond acceptors (Lipinski definition) is 4. The maximum atomic E-state index is 10.5. The number of likely N-dealkylation sites (tertiary alicyclic amines) is 1. The van der Waals surface area contributed by atoms with Crippen LogP contribution in [0, 0.1) is 0 Å². The lowest BCUT2D eigenvalue weighted by molar-refractivity contribution is -0.0936. The van der Waals surface area contributed by atoms with Crippen molar-refractivity contribution in [1.82, 2.24) is 4.90 Å². The van der Waals surface area contributed by atoms with Crippen molar-refractivity contribution in [2.45, 2.75) is 37.8 Å². The van der Waals surface area contributed by atoms with E-state index >= 15 is 0 Å². The van der Waals surface area contributed by atoms with Crippen LogP contribution in [0.15, 0.2) is 0 Å². The van der Waals surface area contributed by atoms with Crippen molar-refractivity contribution in [3.05, 3.63) is 0 Å². The zero-order valence-electron chi connectivity index (χ0n) is 10.1. The summed E-state index contributed by atoms with van der Waals surface area (Å²) in [5, 5.41) is 10.5. The first-order valence-corrected chi connectivity index (χ1v) is 5.68. The van der Waals surface area contributed by atoms with E-state index in [0.29, 0.717) is 6.61 Å². The Balaban J connectivity index is 2.60. The molecular formula is C11H24N2O2. The summed E-state index contributed by atoms with van der Waals surface area (Å²) in [6, 6.07) is 0. The minimum atomic E-state index is -0.783. The summed E-state index contributed by atoms with van der Waals surface area (Å²) in [5.41, 5.74) is 4.70. The van der Waals surface area contributed by atoms with Gasteiger partial charge in [-0.1, -0.05) is 6.92 Å². The van der Waals surface area contributed by atoms with E-state index in [2.05, 4.69) is 11.8 Å². The molecule has 1 atom stereocenters. The van der Waals surface area contributed by atoms with E-state index in [9.17, 15) is 5.11 Å². The molecular weight excluding hydrogens is 192 g/mol. The van der Waals surface area contributed by atoms with Crippen molar-refractivity contribution in [2.75, 3.05) is 33.4 Å². The first-order valence-electron chi connectivity index (χ1n) is 5.68. The van der Waals surface area contributed by atoms with Crippen molar-refractivity contribution in [1.29, 1.82) is 0 Å². The average Bonchev–Trinajstić information content (AvgIpc) is 2.19. The second-order valence-corrected chi connectivity index (χ2v) is 4.82. The highest BCUT2D eigenvalue weighted by molar-refractivity contribution is 5.03. The molecule has 1 aliphatic rings. The van der Waals surface area contributed by atoms with Crippen LogP contribution in [0.4, 0.5) is 0 Å². The predicted octanol–water partition coefficient (Wildman–Crippen LogP) is 0.197. The lowest BCUT2D eigenvalue weighted by Crippen LogP contribution is -2.64. The van der Waals surface area contributed by atoms with Crippen LogP contribution in [0.2, 0.25) is 0 Å². The molecule has 0 spiro atoms. The van der Waals surface area contributed by atoms with Gasteiger partial charge in [0.2, 0.25) is 0 Å². The summed E-state index contributed by atoms with van der Waals surface area (Å²) < 4.78 is 5.08. The summed E-state index contributed by atoms with van der Waals surface area (Å²) in [6.45, 7) is 7.30. The second kappa shape index (κ2) is 4.78. The molecule has 0 aliphatic carbocycles. The Morgan fingerprint density at radius 2 is 2.00 bits per heavy atom. The molecule has 0 aromatic heterocycles. The molecule has 0 aromatic rings. The van der Waals surface area contributed by atoms with Crippen molar-refractivity contribution in [2.24, 2.45) is 5.73 Å². The molecule has 1 fully saturated rings. The highest BCUT2D eigenvalue weighted by Crippen LogP contribution is 2.31. The SMILES string of the molecule is CCN1CCC(O)(C(C)(N)COC)CC1. The molecule has 1 rings (SSSR count). The van der Waals surface area contributed by atoms with Crippen molar-refractivity contribution in [3.63, 3.8) is 0 Å². The number of nitrogens with two attached hydrogens (primary N) is 1. The second-order valence-electron chi connectivity index (χ2n) is 4.82. The van der Waals surface area contributed by atoms with Crippen LogP contribution >= 0.6 is 0 Å². The van der Waals surface area contributed by atoms with E-state index in [1.54, 1.807) is 7.11 Å². The number of nitrogens with zero attached hydrogens (tertiary/aromatic N) is 1. The summed E-state index contributed by atoms with van der Waals surface area (Å²) in [7, 11) is 1.62. The Kier molecular flexibility index (Phi) is 4.12. The predicted molar refractivity (Wildman–Crippen MR) is 60.8 cm³/mol. The fourth-order valence-corrected chi connectivity index (χ4v) is 2.24. The third-order valence-electron chi connectivity index (χ3n) is 3.64. The number of ether oxygens (including phenoxy) is 1.